The van der Waals surface area contributed by atoms with E-state index in [9.17, 15) is 70.7 Å². The van der Waals surface area contributed by atoms with Gasteiger partial charge in [0.05, 0.1) is 0 Å². The smallest absolute Gasteiger partial charge is 0.267 e. The van der Waals surface area contributed by atoms with Crippen molar-refractivity contribution in [2.75, 3.05) is 0 Å². The van der Waals surface area contributed by atoms with Gasteiger partial charge in [-0.3, -0.25) is 4.79 Å². The maximum Gasteiger partial charge on any atom is 0.267 e. The second-order valence-corrected chi connectivity index (χ2v) is 6.97. The molecule has 3 aromatic carbocycles. The lowest BCUT2D eigenvalue weighted by Gasteiger charge is -2.42. The highest BCUT2D eigenvalue weighted by Crippen LogP contribution is 2.28. The zero-order valence-corrected chi connectivity index (χ0v) is 16.6. The van der Waals surface area contributed by atoms with Crippen molar-refractivity contribution < 1.29 is 75.3 Å². The fourth-order valence-electron chi connectivity index (χ4n) is 3.66. The maximum atomic E-state index is 14.8. The largest absolute Gasteiger partial charge is 0.678 e. The summed E-state index contributed by atoms with van der Waals surface area (Å²) < 4.78 is 217. The number of hydrogen-bond donors (Lipinski definition) is 0. The van der Waals surface area contributed by atoms with E-state index in [4.69, 9.17) is 0 Å². The average molecular weight is 557 g/mol. The van der Waals surface area contributed by atoms with E-state index in [1.165, 1.54) is 0 Å². The average Bonchev–Trinajstić information content (AvgIpc) is 2.86. The Bertz CT molecular complexity index is 1230. The van der Waals surface area contributed by atoms with Crippen molar-refractivity contribution in [1.82, 2.24) is 0 Å². The fourth-order valence-corrected chi connectivity index (χ4v) is 3.66. The molecular formula is C19HBF15O2-. The van der Waals surface area contributed by atoms with Gasteiger partial charge in [0, 0.05) is 0 Å². The molecule has 3 aromatic rings. The van der Waals surface area contributed by atoms with Crippen LogP contribution in [-0.4, -0.2) is 12.8 Å². The van der Waals surface area contributed by atoms with Crippen molar-refractivity contribution in [2.24, 2.45) is 0 Å². The predicted molar refractivity (Wildman–Crippen MR) is 90.5 cm³/mol. The highest BCUT2D eigenvalue weighted by molar-refractivity contribution is 7.08. The highest BCUT2D eigenvalue weighted by atomic mass is 19.2. The molecule has 0 aliphatic rings. The van der Waals surface area contributed by atoms with Gasteiger partial charge in [-0.05, 0) is 0 Å². The number of halogens is 15. The van der Waals surface area contributed by atoms with Crippen LogP contribution < -0.4 is 16.4 Å². The Hall–Kier alpha value is -3.86. The van der Waals surface area contributed by atoms with Gasteiger partial charge >= 0.3 is 0 Å². The molecule has 0 bridgehead atoms. The van der Waals surface area contributed by atoms with Crippen molar-refractivity contribution in [2.45, 2.75) is 0 Å². The van der Waals surface area contributed by atoms with Crippen LogP contribution in [0.3, 0.4) is 0 Å². The lowest BCUT2D eigenvalue weighted by atomic mass is 9.27. The summed E-state index contributed by atoms with van der Waals surface area (Å²) in [5.74, 6) is -48.1. The normalized spacial score (nSPS) is 11.8. The van der Waals surface area contributed by atoms with E-state index >= 15 is 0 Å². The third-order valence-corrected chi connectivity index (χ3v) is 5.21. The molecule has 0 spiro atoms. The molecule has 37 heavy (non-hydrogen) atoms. The van der Waals surface area contributed by atoms with Crippen molar-refractivity contribution in [3.63, 3.8) is 0 Å². The van der Waals surface area contributed by atoms with Crippen LogP contribution in [0.4, 0.5) is 65.9 Å². The van der Waals surface area contributed by atoms with Crippen LogP contribution in [0.15, 0.2) is 0 Å². The topological polar surface area (TPSA) is 26.3 Å². The first kappa shape index (κ1) is 27.7. The summed E-state index contributed by atoms with van der Waals surface area (Å²) in [6.45, 7) is -1.31. The molecule has 0 radical (unpaired) electrons. The molecule has 0 aliphatic heterocycles. The summed E-state index contributed by atoms with van der Waals surface area (Å²) in [7, 11) is 0. The van der Waals surface area contributed by atoms with Gasteiger partial charge in [0.2, 0.25) is 6.47 Å². The number of carbonyl (C=O) groups is 1. The number of hydrogen-bond acceptors (Lipinski definition) is 2. The minimum atomic E-state index is -6.27. The summed E-state index contributed by atoms with van der Waals surface area (Å²) in [5, 5.41) is 0. The Morgan fingerprint density at radius 2 is 0.514 bits per heavy atom. The molecule has 0 aromatic heterocycles. The molecule has 0 aliphatic carbocycles. The number of rotatable bonds is 5. The van der Waals surface area contributed by atoms with Crippen LogP contribution in [0.1, 0.15) is 0 Å². The van der Waals surface area contributed by atoms with E-state index in [1.54, 1.807) is 0 Å². The van der Waals surface area contributed by atoms with Crippen LogP contribution in [0.2, 0.25) is 0 Å². The first-order valence-corrected chi connectivity index (χ1v) is 8.91. The van der Waals surface area contributed by atoms with Crippen molar-refractivity contribution in [3.05, 3.63) is 87.3 Å². The van der Waals surface area contributed by atoms with Gasteiger partial charge in [-0.1, -0.05) is 16.4 Å². The van der Waals surface area contributed by atoms with Gasteiger partial charge in [0.25, 0.3) is 6.35 Å². The van der Waals surface area contributed by atoms with Gasteiger partial charge in [-0.25, -0.2) is 65.9 Å². The van der Waals surface area contributed by atoms with E-state index < -0.39 is 116 Å². The van der Waals surface area contributed by atoms with E-state index in [0.29, 0.717) is 0 Å². The molecule has 18 heteroatoms. The monoisotopic (exact) mass is 557 g/mol. The van der Waals surface area contributed by atoms with Gasteiger partial charge in [0.1, 0.15) is 34.9 Å². The second kappa shape index (κ2) is 9.22. The summed E-state index contributed by atoms with van der Waals surface area (Å²) in [6.07, 6.45) is -6.27. The van der Waals surface area contributed by atoms with Crippen LogP contribution in [0.5, 0.6) is 0 Å². The summed E-state index contributed by atoms with van der Waals surface area (Å²) in [5.41, 5.74) is -9.10. The standard InChI is InChI=1S/C19HBF15O2/c21-5-2(6(22)12(28)17(33)11(5)27)20(37-1-36,3-7(23)13(29)18(34)14(30)8(3)24)4-9(25)15(31)19(35)16(32)10(4)26/h1H/q-1. The van der Waals surface area contributed by atoms with Gasteiger partial charge < -0.3 is 4.65 Å². The van der Waals surface area contributed by atoms with Gasteiger partial charge in [-0.15, -0.1) is 0 Å². The molecule has 0 fully saturated rings. The minimum Gasteiger partial charge on any atom is -0.678 e. The van der Waals surface area contributed by atoms with E-state index in [-0.39, 0.29) is 0 Å². The Morgan fingerprint density at radius 1 is 0.351 bits per heavy atom. The second-order valence-electron chi connectivity index (χ2n) is 6.97. The molecule has 0 atom stereocenters. The Kier molecular flexibility index (Phi) is 6.91. The molecule has 2 nitrogen and oxygen atoms in total. The number of benzene rings is 3. The molecular weight excluding hydrogens is 556 g/mol. The lowest BCUT2D eigenvalue weighted by Crippen LogP contribution is -2.75. The van der Waals surface area contributed by atoms with Gasteiger partial charge in [0.15, 0.2) is 52.4 Å². The molecule has 0 amide bonds. The van der Waals surface area contributed by atoms with Crippen molar-refractivity contribution in [1.29, 1.82) is 0 Å². The number of carbonyl (C=O) groups excluding carboxylic acids is 1. The maximum absolute atomic E-state index is 14.8. The summed E-state index contributed by atoms with van der Waals surface area (Å²) >= 11 is 0. The molecule has 3 rings (SSSR count). The van der Waals surface area contributed by atoms with Crippen LogP contribution >= 0.6 is 0 Å². The Morgan fingerprint density at radius 3 is 0.676 bits per heavy atom. The third-order valence-electron chi connectivity index (χ3n) is 5.21. The quantitative estimate of drug-likeness (QED) is 0.157. The van der Waals surface area contributed by atoms with Crippen LogP contribution in [-0.2, 0) is 9.45 Å². The SMILES string of the molecule is O=CO[B-](c1c(F)c(F)c(F)c(F)c1F)(c1c(F)c(F)c(F)c(F)c1F)c1c(F)c(F)c(F)c(F)c1F. The molecule has 0 N–H and O–H groups in total. The lowest BCUT2D eigenvalue weighted by molar-refractivity contribution is -0.121. The first-order valence-electron chi connectivity index (χ1n) is 8.91. The minimum absolute atomic E-state index is 1.31. The van der Waals surface area contributed by atoms with E-state index in [0.717, 1.165) is 0 Å². The molecule has 0 heterocycles. The van der Waals surface area contributed by atoms with E-state index in [1.807, 2.05) is 0 Å². The third kappa shape index (κ3) is 3.59. The Balaban J connectivity index is 2.88. The van der Waals surface area contributed by atoms with E-state index in [2.05, 4.69) is 4.65 Å². The molecule has 0 saturated carbocycles. The van der Waals surface area contributed by atoms with Gasteiger partial charge in [-0.2, -0.15) is 0 Å². The van der Waals surface area contributed by atoms with Crippen molar-refractivity contribution >= 4 is 29.2 Å². The Labute approximate surface area is 192 Å². The summed E-state index contributed by atoms with van der Waals surface area (Å²) in [6, 6.07) is 0. The molecule has 198 valence electrons. The molecule has 0 saturated heterocycles. The molecule has 0 unspecified atom stereocenters. The predicted octanol–water partition coefficient (Wildman–Crippen LogP) is 3.91. The first-order chi connectivity index (χ1) is 17.1. The van der Waals surface area contributed by atoms with Crippen molar-refractivity contribution in [3.8, 4) is 0 Å². The van der Waals surface area contributed by atoms with Crippen LogP contribution in [0, 0.1) is 87.3 Å². The zero-order chi connectivity index (χ0) is 28.3. The fraction of sp³-hybridized carbons (Fsp3) is 0. The summed E-state index contributed by atoms with van der Waals surface area (Å²) in [4.78, 5) is 11.2. The zero-order valence-electron chi connectivity index (χ0n) is 16.6. The van der Waals surface area contributed by atoms with Crippen LogP contribution in [0.25, 0.3) is 0 Å². The highest BCUT2D eigenvalue weighted by Gasteiger charge is 2.50.